The van der Waals surface area contributed by atoms with E-state index in [2.05, 4.69) is 38.0 Å². The Morgan fingerprint density at radius 3 is 2.62 bits per heavy atom. The molecule has 0 spiro atoms. The van der Waals surface area contributed by atoms with Gasteiger partial charge >= 0.3 is 0 Å². The highest BCUT2D eigenvalue weighted by Gasteiger charge is 2.09. The van der Waals surface area contributed by atoms with E-state index in [1.807, 2.05) is 67.7 Å². The highest BCUT2D eigenvalue weighted by molar-refractivity contribution is 9.10. The fraction of sp³-hybridized carbons (Fsp3) is 0.0833. The van der Waals surface area contributed by atoms with Crippen LogP contribution in [0.3, 0.4) is 0 Å². The molecule has 0 fully saturated rings. The van der Waals surface area contributed by atoms with Crippen LogP contribution in [-0.4, -0.2) is 9.97 Å². The Bertz CT molecular complexity index is 1190. The van der Waals surface area contributed by atoms with Crippen molar-refractivity contribution in [2.75, 3.05) is 0 Å². The number of hydrogen-bond acceptors (Lipinski definition) is 3. The number of H-pyrrole nitrogens is 1. The average molecular weight is 444 g/mol. The number of halogens is 1. The van der Waals surface area contributed by atoms with Crippen LogP contribution in [0, 0.1) is 18.3 Å². The van der Waals surface area contributed by atoms with Gasteiger partial charge < -0.3 is 9.72 Å². The van der Waals surface area contributed by atoms with E-state index in [4.69, 9.17) is 4.74 Å². The molecule has 4 rings (SSSR count). The molecule has 3 aromatic carbocycles. The van der Waals surface area contributed by atoms with Gasteiger partial charge in [-0.15, -0.1) is 0 Å². The van der Waals surface area contributed by atoms with Gasteiger partial charge in [-0.2, -0.15) is 5.26 Å². The van der Waals surface area contributed by atoms with E-state index in [1.54, 1.807) is 6.07 Å². The third kappa shape index (κ3) is 4.23. The third-order valence-corrected chi connectivity index (χ3v) is 5.18. The second-order valence-electron chi connectivity index (χ2n) is 6.69. The minimum Gasteiger partial charge on any atom is -0.489 e. The maximum atomic E-state index is 9.31. The molecule has 0 aliphatic carbocycles. The summed E-state index contributed by atoms with van der Waals surface area (Å²) in [4.78, 5) is 7.87. The molecule has 0 amide bonds. The first-order chi connectivity index (χ1) is 14.1. The minimum absolute atomic E-state index is 0.346. The van der Waals surface area contributed by atoms with E-state index >= 15 is 0 Å². The number of aromatic nitrogens is 2. The lowest BCUT2D eigenvalue weighted by Gasteiger charge is -2.11. The summed E-state index contributed by atoms with van der Waals surface area (Å²) in [5, 5.41) is 9.31. The molecule has 4 aromatic rings. The fourth-order valence-corrected chi connectivity index (χ4v) is 3.48. The van der Waals surface area contributed by atoms with E-state index in [9.17, 15) is 5.26 Å². The number of nitrogens with zero attached hydrogens (tertiary/aromatic N) is 2. The topological polar surface area (TPSA) is 61.7 Å². The summed E-state index contributed by atoms with van der Waals surface area (Å²) in [6.45, 7) is 2.36. The highest BCUT2D eigenvalue weighted by Crippen LogP contribution is 2.28. The third-order valence-electron chi connectivity index (χ3n) is 4.68. The van der Waals surface area contributed by atoms with Gasteiger partial charge in [-0.1, -0.05) is 52.3 Å². The van der Waals surface area contributed by atoms with Crippen LogP contribution in [0.4, 0.5) is 0 Å². The van der Waals surface area contributed by atoms with Gasteiger partial charge in [0.05, 0.1) is 23.5 Å². The Balaban J connectivity index is 1.52. The molecule has 0 saturated carbocycles. The molecular weight excluding hydrogens is 426 g/mol. The molecule has 142 valence electrons. The molecule has 4 nitrogen and oxygen atoms in total. The molecule has 0 aliphatic heterocycles. The first-order valence-corrected chi connectivity index (χ1v) is 9.96. The van der Waals surface area contributed by atoms with Crippen molar-refractivity contribution >= 4 is 15.9 Å². The number of ether oxygens (including phenoxy) is 1. The molecule has 1 aromatic heterocycles. The normalized spacial score (nSPS) is 10.5. The quantitative estimate of drug-likeness (QED) is 0.395. The first-order valence-electron chi connectivity index (χ1n) is 9.17. The lowest BCUT2D eigenvalue weighted by molar-refractivity contribution is 0.304. The van der Waals surface area contributed by atoms with Crippen molar-refractivity contribution in [1.82, 2.24) is 9.97 Å². The minimum atomic E-state index is 0.346. The van der Waals surface area contributed by atoms with Crippen molar-refractivity contribution in [3.63, 3.8) is 0 Å². The number of benzene rings is 3. The van der Waals surface area contributed by atoms with E-state index < -0.39 is 0 Å². The molecule has 0 saturated heterocycles. The van der Waals surface area contributed by atoms with Crippen LogP contribution in [0.25, 0.3) is 22.6 Å². The van der Waals surface area contributed by atoms with Crippen molar-refractivity contribution in [2.45, 2.75) is 13.5 Å². The van der Waals surface area contributed by atoms with Crippen LogP contribution in [0.5, 0.6) is 5.75 Å². The van der Waals surface area contributed by atoms with Crippen molar-refractivity contribution in [3.05, 3.63) is 94.1 Å². The average Bonchev–Trinajstić information content (AvgIpc) is 3.24. The molecule has 0 atom stereocenters. The van der Waals surface area contributed by atoms with Gasteiger partial charge in [0.2, 0.25) is 0 Å². The van der Waals surface area contributed by atoms with E-state index in [0.717, 1.165) is 44.0 Å². The van der Waals surface area contributed by atoms with E-state index in [0.29, 0.717) is 12.2 Å². The van der Waals surface area contributed by atoms with Gasteiger partial charge in [-0.25, -0.2) is 4.98 Å². The lowest BCUT2D eigenvalue weighted by Crippen LogP contribution is -1.99. The molecule has 0 aliphatic rings. The maximum absolute atomic E-state index is 9.31. The number of imidazole rings is 1. The molecule has 1 heterocycles. The smallest absolute Gasteiger partial charge is 0.137 e. The summed E-state index contributed by atoms with van der Waals surface area (Å²) in [7, 11) is 0. The summed E-state index contributed by atoms with van der Waals surface area (Å²) in [6, 6.07) is 23.9. The summed E-state index contributed by atoms with van der Waals surface area (Å²) < 4.78 is 6.86. The van der Waals surface area contributed by atoms with Crippen LogP contribution in [0.15, 0.2) is 77.4 Å². The van der Waals surface area contributed by atoms with Crippen molar-refractivity contribution in [3.8, 4) is 34.5 Å². The number of nitrogens with one attached hydrogen (secondary N) is 1. The Kier molecular flexibility index (Phi) is 5.46. The van der Waals surface area contributed by atoms with Gasteiger partial charge in [-0.05, 0) is 42.8 Å². The molecule has 29 heavy (non-hydrogen) atoms. The second kappa shape index (κ2) is 8.34. The predicted octanol–water partition coefficient (Wildman–Crippen LogP) is 6.27. The maximum Gasteiger partial charge on any atom is 0.137 e. The van der Waals surface area contributed by atoms with Crippen LogP contribution < -0.4 is 4.74 Å². The van der Waals surface area contributed by atoms with Crippen LogP contribution in [0.2, 0.25) is 0 Å². The second-order valence-corrected chi connectivity index (χ2v) is 7.61. The van der Waals surface area contributed by atoms with Crippen molar-refractivity contribution in [1.29, 1.82) is 5.26 Å². The summed E-state index contributed by atoms with van der Waals surface area (Å²) in [5.41, 5.74) is 5.55. The highest BCUT2D eigenvalue weighted by atomic mass is 79.9. The monoisotopic (exact) mass is 443 g/mol. The Hall–Kier alpha value is -3.36. The Morgan fingerprint density at radius 2 is 1.86 bits per heavy atom. The lowest BCUT2D eigenvalue weighted by atomic mass is 10.1. The predicted molar refractivity (Wildman–Crippen MR) is 117 cm³/mol. The molecule has 0 unspecified atom stereocenters. The van der Waals surface area contributed by atoms with Gasteiger partial charge in [0.1, 0.15) is 18.2 Å². The SMILES string of the molecule is Cc1cc(-c2cnc(-c3ccccc3)[nH]2)ccc1OCc1ccc(Br)cc1C#N. The number of aryl methyl sites for hydroxylation is 1. The van der Waals surface area contributed by atoms with Gasteiger partial charge in [0.25, 0.3) is 0 Å². The number of hydrogen-bond donors (Lipinski definition) is 1. The van der Waals surface area contributed by atoms with Gasteiger partial charge in [0, 0.05) is 21.2 Å². The summed E-state index contributed by atoms with van der Waals surface area (Å²) in [6.07, 6.45) is 1.85. The van der Waals surface area contributed by atoms with E-state index in [-0.39, 0.29) is 0 Å². The van der Waals surface area contributed by atoms with Crippen LogP contribution >= 0.6 is 15.9 Å². The molecule has 0 bridgehead atoms. The fourth-order valence-electron chi connectivity index (χ4n) is 3.12. The standard InChI is InChI=1S/C24H18BrN3O/c1-16-11-18(22-14-27-24(28-22)17-5-3-2-4-6-17)8-10-23(16)29-15-19-7-9-21(25)12-20(19)13-26/h2-12,14H,15H2,1H3,(H,27,28). The zero-order valence-corrected chi connectivity index (χ0v) is 17.4. The number of aromatic amines is 1. The zero-order chi connectivity index (χ0) is 20.2. The number of rotatable bonds is 5. The van der Waals surface area contributed by atoms with Gasteiger partial charge in [0.15, 0.2) is 0 Å². The molecular formula is C24H18BrN3O. The first kappa shape index (κ1) is 19.0. The Labute approximate surface area is 177 Å². The summed E-state index contributed by atoms with van der Waals surface area (Å²) in [5.74, 6) is 1.64. The van der Waals surface area contributed by atoms with Crippen molar-refractivity contribution in [2.24, 2.45) is 0 Å². The van der Waals surface area contributed by atoms with E-state index in [1.165, 1.54) is 0 Å². The van der Waals surface area contributed by atoms with Crippen LogP contribution in [0.1, 0.15) is 16.7 Å². The summed E-state index contributed by atoms with van der Waals surface area (Å²) >= 11 is 3.39. The molecule has 5 heteroatoms. The molecule has 1 N–H and O–H groups in total. The van der Waals surface area contributed by atoms with Crippen molar-refractivity contribution < 1.29 is 4.74 Å². The zero-order valence-electron chi connectivity index (χ0n) is 15.8. The molecule has 0 radical (unpaired) electrons. The van der Waals surface area contributed by atoms with Crippen LogP contribution in [-0.2, 0) is 6.61 Å². The number of nitriles is 1. The Morgan fingerprint density at radius 1 is 1.03 bits per heavy atom. The van der Waals surface area contributed by atoms with Gasteiger partial charge in [-0.3, -0.25) is 0 Å². The largest absolute Gasteiger partial charge is 0.489 e.